The zero-order valence-electron chi connectivity index (χ0n) is 10.4. The number of para-hydroxylation sites is 2. The van der Waals surface area contributed by atoms with Crippen LogP contribution in [0, 0.1) is 0 Å². The minimum atomic E-state index is -2.49. The molecule has 0 bridgehead atoms. The van der Waals surface area contributed by atoms with E-state index in [4.69, 9.17) is 0 Å². The van der Waals surface area contributed by atoms with Gasteiger partial charge in [0, 0.05) is 22.7 Å². The molecule has 106 valence electrons. The molecule has 0 spiro atoms. The number of hydrogen-bond donors (Lipinski definition) is 3. The molecule has 0 unspecified atom stereocenters. The minimum Gasteiger partial charge on any atom is -0.504 e. The van der Waals surface area contributed by atoms with Gasteiger partial charge >= 0.3 is 0 Å². The Balaban J connectivity index is 2.13. The maximum Gasteiger partial charge on any atom is 0.288 e. The fraction of sp³-hybridized carbons (Fsp3) is 0.143. The van der Waals surface area contributed by atoms with Crippen molar-refractivity contribution in [2.75, 3.05) is 5.32 Å². The van der Waals surface area contributed by atoms with E-state index in [1.807, 2.05) is 0 Å². The third-order valence-corrected chi connectivity index (χ3v) is 3.46. The summed E-state index contributed by atoms with van der Waals surface area (Å²) in [6, 6.07) is 11.3. The number of phenols is 2. The van der Waals surface area contributed by atoms with Gasteiger partial charge in [0.15, 0.2) is 11.5 Å². The Bertz CT molecular complexity index is 593. The molecule has 3 nitrogen and oxygen atoms in total. The van der Waals surface area contributed by atoms with Crippen LogP contribution in [0.2, 0.25) is 0 Å². The van der Waals surface area contributed by atoms with Crippen LogP contribution in [0.5, 0.6) is 11.5 Å². The lowest BCUT2D eigenvalue weighted by atomic mass is 10.2. The summed E-state index contributed by atoms with van der Waals surface area (Å²) >= 11 is 0.460. The van der Waals surface area contributed by atoms with Crippen LogP contribution in [0.4, 0.5) is 14.5 Å². The van der Waals surface area contributed by atoms with E-state index in [-0.39, 0.29) is 18.0 Å². The molecule has 0 amide bonds. The summed E-state index contributed by atoms with van der Waals surface area (Å²) in [5.41, 5.74) is 1.04. The Morgan fingerprint density at radius 3 is 2.55 bits per heavy atom. The Morgan fingerprint density at radius 2 is 1.80 bits per heavy atom. The second-order valence-corrected chi connectivity index (χ2v) is 5.04. The van der Waals surface area contributed by atoms with Gasteiger partial charge in [0.05, 0.1) is 0 Å². The molecule has 0 aliphatic rings. The average molecular weight is 297 g/mol. The highest BCUT2D eigenvalue weighted by Gasteiger charge is 2.10. The number of phenolic OH excluding ortho intramolecular Hbond substituents is 2. The Hall–Kier alpha value is -1.95. The molecule has 0 aromatic heterocycles. The Kier molecular flexibility index (Phi) is 4.68. The van der Waals surface area contributed by atoms with E-state index >= 15 is 0 Å². The predicted molar refractivity (Wildman–Crippen MR) is 75.4 cm³/mol. The third-order valence-electron chi connectivity index (χ3n) is 2.67. The van der Waals surface area contributed by atoms with Gasteiger partial charge in [-0.2, -0.15) is 8.78 Å². The van der Waals surface area contributed by atoms with Gasteiger partial charge in [-0.25, -0.2) is 0 Å². The number of alkyl halides is 2. The van der Waals surface area contributed by atoms with E-state index in [1.165, 1.54) is 6.07 Å². The van der Waals surface area contributed by atoms with Crippen LogP contribution in [0.1, 0.15) is 5.56 Å². The van der Waals surface area contributed by atoms with Crippen molar-refractivity contribution in [2.45, 2.75) is 17.2 Å². The molecule has 0 atom stereocenters. The second kappa shape index (κ2) is 6.47. The van der Waals surface area contributed by atoms with Crippen molar-refractivity contribution in [1.29, 1.82) is 0 Å². The molecular weight excluding hydrogens is 284 g/mol. The summed E-state index contributed by atoms with van der Waals surface area (Å²) in [6.45, 7) is 0.223. The highest BCUT2D eigenvalue weighted by molar-refractivity contribution is 7.99. The number of rotatable bonds is 5. The zero-order chi connectivity index (χ0) is 14.5. The molecule has 2 rings (SSSR count). The molecule has 3 N–H and O–H groups in total. The van der Waals surface area contributed by atoms with Crippen molar-refractivity contribution < 1.29 is 19.0 Å². The molecule has 0 saturated carbocycles. The average Bonchev–Trinajstić information content (AvgIpc) is 2.41. The Labute approximate surface area is 119 Å². The van der Waals surface area contributed by atoms with Gasteiger partial charge in [0.1, 0.15) is 0 Å². The summed E-state index contributed by atoms with van der Waals surface area (Å²) < 4.78 is 24.9. The molecular formula is C14H13F2NO2S. The standard InChI is InChI=1S/C14H13F2NO2S/c15-14(16)20-12-7-2-1-5-10(12)17-8-9-4-3-6-11(18)13(9)19/h1-7,14,17-19H,8H2. The normalized spacial score (nSPS) is 10.8. The first-order valence-electron chi connectivity index (χ1n) is 5.85. The molecule has 2 aromatic rings. The molecule has 0 aliphatic heterocycles. The van der Waals surface area contributed by atoms with Crippen LogP contribution in [-0.4, -0.2) is 16.0 Å². The van der Waals surface area contributed by atoms with Gasteiger partial charge in [-0.05, 0) is 18.2 Å². The SMILES string of the molecule is Oc1cccc(CNc2ccccc2SC(F)F)c1O. The first kappa shape index (κ1) is 14.5. The van der Waals surface area contributed by atoms with Crippen molar-refractivity contribution in [3.8, 4) is 11.5 Å². The van der Waals surface area contributed by atoms with Crippen LogP contribution in [0.3, 0.4) is 0 Å². The van der Waals surface area contributed by atoms with E-state index < -0.39 is 5.76 Å². The second-order valence-electron chi connectivity index (χ2n) is 4.01. The lowest BCUT2D eigenvalue weighted by molar-refractivity contribution is 0.252. The lowest BCUT2D eigenvalue weighted by Crippen LogP contribution is -2.01. The fourth-order valence-electron chi connectivity index (χ4n) is 1.72. The number of aromatic hydroxyl groups is 2. The van der Waals surface area contributed by atoms with E-state index in [2.05, 4.69) is 5.32 Å². The van der Waals surface area contributed by atoms with Crippen molar-refractivity contribution in [3.63, 3.8) is 0 Å². The number of nitrogens with one attached hydrogen (secondary N) is 1. The van der Waals surface area contributed by atoms with Gasteiger partial charge < -0.3 is 15.5 Å². The quantitative estimate of drug-likeness (QED) is 0.576. The fourth-order valence-corrected chi connectivity index (χ4v) is 2.34. The monoisotopic (exact) mass is 297 g/mol. The van der Waals surface area contributed by atoms with Crippen LogP contribution in [0.25, 0.3) is 0 Å². The van der Waals surface area contributed by atoms with Crippen LogP contribution in [0.15, 0.2) is 47.4 Å². The molecule has 0 radical (unpaired) electrons. The minimum absolute atomic E-state index is 0.209. The smallest absolute Gasteiger partial charge is 0.288 e. The number of anilines is 1. The van der Waals surface area contributed by atoms with Gasteiger partial charge in [0.25, 0.3) is 5.76 Å². The van der Waals surface area contributed by atoms with Crippen molar-refractivity contribution in [1.82, 2.24) is 0 Å². The highest BCUT2D eigenvalue weighted by Crippen LogP contribution is 2.33. The van der Waals surface area contributed by atoms with Crippen LogP contribution < -0.4 is 5.32 Å². The van der Waals surface area contributed by atoms with Gasteiger partial charge in [0.2, 0.25) is 0 Å². The number of halogens is 2. The Morgan fingerprint density at radius 1 is 1.05 bits per heavy atom. The summed E-state index contributed by atoms with van der Waals surface area (Å²) in [5, 5.41) is 22.0. The molecule has 20 heavy (non-hydrogen) atoms. The molecule has 0 saturated heterocycles. The summed E-state index contributed by atoms with van der Waals surface area (Å²) in [4.78, 5) is 0.433. The van der Waals surface area contributed by atoms with E-state index in [9.17, 15) is 19.0 Å². The summed E-state index contributed by atoms with van der Waals surface area (Å²) in [7, 11) is 0. The molecule has 0 fully saturated rings. The van der Waals surface area contributed by atoms with Crippen molar-refractivity contribution >= 4 is 17.4 Å². The van der Waals surface area contributed by atoms with Crippen molar-refractivity contribution in [3.05, 3.63) is 48.0 Å². The maximum absolute atomic E-state index is 12.4. The first-order valence-corrected chi connectivity index (χ1v) is 6.73. The number of benzene rings is 2. The zero-order valence-corrected chi connectivity index (χ0v) is 11.2. The van der Waals surface area contributed by atoms with Crippen LogP contribution >= 0.6 is 11.8 Å². The molecule has 2 aromatic carbocycles. The number of thioether (sulfide) groups is 1. The molecule has 6 heteroatoms. The third kappa shape index (κ3) is 3.54. The highest BCUT2D eigenvalue weighted by atomic mass is 32.2. The van der Waals surface area contributed by atoms with Crippen LogP contribution in [-0.2, 0) is 6.54 Å². The summed E-state index contributed by atoms with van der Waals surface area (Å²) in [5.74, 6) is -2.91. The van der Waals surface area contributed by atoms with Gasteiger partial charge in [-0.1, -0.05) is 36.0 Å². The van der Waals surface area contributed by atoms with Gasteiger partial charge in [-0.3, -0.25) is 0 Å². The largest absolute Gasteiger partial charge is 0.504 e. The molecule has 0 aliphatic carbocycles. The first-order chi connectivity index (χ1) is 9.58. The van der Waals surface area contributed by atoms with Crippen molar-refractivity contribution in [2.24, 2.45) is 0 Å². The van der Waals surface area contributed by atoms with E-state index in [1.54, 1.807) is 36.4 Å². The lowest BCUT2D eigenvalue weighted by Gasteiger charge is -2.12. The van der Waals surface area contributed by atoms with E-state index in [0.29, 0.717) is 27.9 Å². The molecule has 0 heterocycles. The summed E-state index contributed by atoms with van der Waals surface area (Å²) in [6.07, 6.45) is 0. The predicted octanol–water partition coefficient (Wildman–Crippen LogP) is 4.02. The van der Waals surface area contributed by atoms with E-state index in [0.717, 1.165) is 0 Å². The maximum atomic E-state index is 12.4. The topological polar surface area (TPSA) is 52.5 Å². The number of hydrogen-bond acceptors (Lipinski definition) is 4. The van der Waals surface area contributed by atoms with Gasteiger partial charge in [-0.15, -0.1) is 0 Å².